The maximum absolute atomic E-state index is 4.41. The smallest absolute Gasteiger partial charge is 0.225 e. The summed E-state index contributed by atoms with van der Waals surface area (Å²) in [4.78, 5) is 19.5. The van der Waals surface area contributed by atoms with Gasteiger partial charge in [0, 0.05) is 43.8 Å². The number of H-pyrrole nitrogens is 1. The molecule has 7 nitrogen and oxygen atoms in total. The maximum Gasteiger partial charge on any atom is 0.225 e. The molecule has 0 aliphatic carbocycles. The average Bonchev–Trinajstić information content (AvgIpc) is 3.00. The zero-order valence-corrected chi connectivity index (χ0v) is 11.5. The molecule has 1 saturated heterocycles. The van der Waals surface area contributed by atoms with Gasteiger partial charge in [-0.3, -0.25) is 5.10 Å². The highest BCUT2D eigenvalue weighted by Gasteiger charge is 2.26. The molecule has 21 heavy (non-hydrogen) atoms. The molecule has 1 unspecified atom stereocenters. The van der Waals surface area contributed by atoms with E-state index in [0.717, 1.165) is 43.1 Å². The Balaban J connectivity index is 1.64. The normalized spacial score (nSPS) is 19.0. The number of hydrogen-bond acceptors (Lipinski definition) is 6. The van der Waals surface area contributed by atoms with Gasteiger partial charge in [0.05, 0.1) is 5.69 Å². The molecular weight excluding hydrogens is 266 g/mol. The van der Waals surface area contributed by atoms with Crippen LogP contribution < -0.4 is 4.90 Å². The minimum atomic E-state index is 0.351. The zero-order valence-electron chi connectivity index (χ0n) is 11.5. The summed E-state index contributed by atoms with van der Waals surface area (Å²) in [6.45, 7) is 1.86. The van der Waals surface area contributed by atoms with Gasteiger partial charge in [-0.1, -0.05) is 0 Å². The lowest BCUT2D eigenvalue weighted by Gasteiger charge is -2.32. The topological polar surface area (TPSA) is 83.5 Å². The van der Waals surface area contributed by atoms with Crippen molar-refractivity contribution in [3.05, 3.63) is 36.5 Å². The molecule has 1 N–H and O–H groups in total. The van der Waals surface area contributed by atoms with Crippen molar-refractivity contribution in [3.8, 4) is 0 Å². The van der Waals surface area contributed by atoms with Crippen molar-refractivity contribution in [2.75, 3.05) is 18.0 Å². The van der Waals surface area contributed by atoms with Crippen LogP contribution in [0.4, 0.5) is 5.95 Å². The van der Waals surface area contributed by atoms with E-state index in [1.54, 1.807) is 24.8 Å². The van der Waals surface area contributed by atoms with E-state index in [4.69, 9.17) is 0 Å². The first-order chi connectivity index (χ1) is 10.4. The number of nitrogens with one attached hydrogen (secondary N) is 1. The monoisotopic (exact) mass is 281 g/mol. The molecule has 0 bridgehead atoms. The van der Waals surface area contributed by atoms with Crippen LogP contribution in [-0.4, -0.2) is 43.2 Å². The van der Waals surface area contributed by atoms with Gasteiger partial charge in [0.1, 0.15) is 5.52 Å². The maximum atomic E-state index is 4.41. The molecule has 7 heteroatoms. The minimum Gasteiger partial charge on any atom is -0.340 e. The molecule has 1 aliphatic heterocycles. The summed E-state index contributed by atoms with van der Waals surface area (Å²) in [6.07, 6.45) is 9.15. The summed E-state index contributed by atoms with van der Waals surface area (Å²) in [7, 11) is 0. The van der Waals surface area contributed by atoms with E-state index in [1.807, 2.05) is 6.07 Å². The fourth-order valence-corrected chi connectivity index (χ4v) is 2.90. The summed E-state index contributed by atoms with van der Waals surface area (Å²) in [6, 6.07) is 1.84. The molecule has 0 radical (unpaired) electrons. The second kappa shape index (κ2) is 5.08. The third-order valence-corrected chi connectivity index (χ3v) is 3.88. The first-order valence-corrected chi connectivity index (χ1v) is 7.09. The first-order valence-electron chi connectivity index (χ1n) is 7.09. The molecule has 0 saturated carbocycles. The quantitative estimate of drug-likeness (QED) is 0.767. The summed E-state index contributed by atoms with van der Waals surface area (Å²) < 4.78 is 0. The first kappa shape index (κ1) is 12.2. The van der Waals surface area contributed by atoms with Crippen molar-refractivity contribution in [2.45, 2.75) is 18.8 Å². The number of aromatic nitrogens is 6. The van der Waals surface area contributed by atoms with E-state index in [0.29, 0.717) is 11.6 Å². The van der Waals surface area contributed by atoms with E-state index in [1.165, 1.54) is 0 Å². The molecule has 106 valence electrons. The Morgan fingerprint density at radius 2 is 1.90 bits per heavy atom. The molecule has 1 fully saturated rings. The van der Waals surface area contributed by atoms with Crippen LogP contribution in [0.25, 0.3) is 11.2 Å². The lowest BCUT2D eigenvalue weighted by molar-refractivity contribution is 0.496. The van der Waals surface area contributed by atoms with Crippen LogP contribution in [0.1, 0.15) is 24.5 Å². The fourth-order valence-electron chi connectivity index (χ4n) is 2.90. The third-order valence-electron chi connectivity index (χ3n) is 3.88. The van der Waals surface area contributed by atoms with Gasteiger partial charge >= 0.3 is 0 Å². The van der Waals surface area contributed by atoms with Gasteiger partial charge in [-0.2, -0.15) is 5.10 Å². The van der Waals surface area contributed by atoms with Gasteiger partial charge in [-0.05, 0) is 18.9 Å². The van der Waals surface area contributed by atoms with E-state index in [-0.39, 0.29) is 0 Å². The number of aromatic amines is 1. The predicted octanol–water partition coefficient (Wildman–Crippen LogP) is 1.53. The standard InChI is InChI=1S/C14H15N7/c1-3-10(9-21(8-1)14-17-4-2-5-18-14)11-12-13(20-19-11)16-7-6-15-12/h2,4-7,10H,1,3,8-9H2,(H,16,19,20). The van der Waals surface area contributed by atoms with Gasteiger partial charge in [-0.15, -0.1) is 0 Å². The molecule has 3 aromatic heterocycles. The highest BCUT2D eigenvalue weighted by molar-refractivity contribution is 5.72. The SMILES string of the molecule is c1cnc(N2CCCC(c3[nH]nc4nccnc34)C2)nc1. The van der Waals surface area contributed by atoms with Gasteiger partial charge in [0.25, 0.3) is 0 Å². The number of nitrogens with zero attached hydrogens (tertiary/aromatic N) is 6. The molecular formula is C14H15N7. The van der Waals surface area contributed by atoms with E-state index >= 15 is 0 Å². The van der Waals surface area contributed by atoms with Crippen molar-refractivity contribution in [3.63, 3.8) is 0 Å². The van der Waals surface area contributed by atoms with Crippen molar-refractivity contribution >= 4 is 17.1 Å². The number of piperidine rings is 1. The Morgan fingerprint density at radius 3 is 2.81 bits per heavy atom. The van der Waals surface area contributed by atoms with Gasteiger partial charge in [0.2, 0.25) is 5.95 Å². The lowest BCUT2D eigenvalue weighted by atomic mass is 9.94. The Bertz CT molecular complexity index is 739. The zero-order chi connectivity index (χ0) is 14.1. The fraction of sp³-hybridized carbons (Fsp3) is 0.357. The van der Waals surface area contributed by atoms with Crippen molar-refractivity contribution in [1.82, 2.24) is 30.1 Å². The largest absolute Gasteiger partial charge is 0.340 e. The lowest BCUT2D eigenvalue weighted by Crippen LogP contribution is -2.35. The van der Waals surface area contributed by atoms with Crippen molar-refractivity contribution in [1.29, 1.82) is 0 Å². The molecule has 0 aromatic carbocycles. The molecule has 0 spiro atoms. The number of fused-ring (bicyclic) bond motifs is 1. The van der Waals surface area contributed by atoms with Crippen LogP contribution >= 0.6 is 0 Å². The van der Waals surface area contributed by atoms with Crippen LogP contribution in [0.3, 0.4) is 0 Å². The van der Waals surface area contributed by atoms with Crippen molar-refractivity contribution < 1.29 is 0 Å². The van der Waals surface area contributed by atoms with E-state index in [2.05, 4.69) is 35.0 Å². The summed E-state index contributed by atoms with van der Waals surface area (Å²) in [5.41, 5.74) is 2.62. The number of rotatable bonds is 2. The Labute approximate surface area is 121 Å². The summed E-state index contributed by atoms with van der Waals surface area (Å²) >= 11 is 0. The third kappa shape index (κ3) is 2.20. The van der Waals surface area contributed by atoms with Gasteiger partial charge < -0.3 is 4.90 Å². The molecule has 0 amide bonds. The molecule has 4 heterocycles. The number of hydrogen-bond donors (Lipinski definition) is 1. The molecule has 1 atom stereocenters. The highest BCUT2D eigenvalue weighted by atomic mass is 15.3. The highest BCUT2D eigenvalue weighted by Crippen LogP contribution is 2.30. The second-order valence-electron chi connectivity index (χ2n) is 5.20. The second-order valence-corrected chi connectivity index (χ2v) is 5.20. The van der Waals surface area contributed by atoms with Crippen molar-refractivity contribution in [2.24, 2.45) is 0 Å². The van der Waals surface area contributed by atoms with Crippen LogP contribution in [0, 0.1) is 0 Å². The minimum absolute atomic E-state index is 0.351. The van der Waals surface area contributed by atoms with E-state index < -0.39 is 0 Å². The van der Waals surface area contributed by atoms with E-state index in [9.17, 15) is 0 Å². The van der Waals surface area contributed by atoms with Crippen LogP contribution in [0.15, 0.2) is 30.9 Å². The molecule has 4 rings (SSSR count). The van der Waals surface area contributed by atoms with Crippen LogP contribution in [0.2, 0.25) is 0 Å². The number of anilines is 1. The van der Waals surface area contributed by atoms with Crippen LogP contribution in [-0.2, 0) is 0 Å². The Morgan fingerprint density at radius 1 is 1.05 bits per heavy atom. The molecule has 1 aliphatic rings. The summed E-state index contributed by atoms with van der Waals surface area (Å²) in [5.74, 6) is 1.14. The summed E-state index contributed by atoms with van der Waals surface area (Å²) in [5, 5.41) is 7.36. The Hall–Kier alpha value is -2.57. The Kier molecular flexibility index (Phi) is 2.95. The average molecular weight is 281 g/mol. The van der Waals surface area contributed by atoms with Gasteiger partial charge in [0.15, 0.2) is 5.65 Å². The van der Waals surface area contributed by atoms with Crippen LogP contribution in [0.5, 0.6) is 0 Å². The predicted molar refractivity (Wildman–Crippen MR) is 77.9 cm³/mol. The van der Waals surface area contributed by atoms with Gasteiger partial charge in [-0.25, -0.2) is 19.9 Å². The molecule has 3 aromatic rings.